The number of hydrogen-bond acceptors (Lipinski definition) is 2. The minimum atomic E-state index is 0.768. The molecule has 0 saturated heterocycles. The smallest absolute Gasteiger partial charge is 0.0945 e. The molecule has 0 aromatic carbocycles. The van der Waals surface area contributed by atoms with Crippen molar-refractivity contribution in [2.45, 2.75) is 26.3 Å². The maximum atomic E-state index is 4.21. The minimum absolute atomic E-state index is 0.768. The van der Waals surface area contributed by atoms with Gasteiger partial charge in [-0.1, -0.05) is 6.92 Å². The molecule has 68 valence electrons. The molecule has 0 N–H and O–H groups in total. The van der Waals surface area contributed by atoms with Gasteiger partial charge in [0.25, 0.3) is 0 Å². The van der Waals surface area contributed by atoms with Crippen molar-refractivity contribution in [3.63, 3.8) is 0 Å². The summed E-state index contributed by atoms with van der Waals surface area (Å²) in [5.41, 5.74) is 0. The second-order valence-electron chi connectivity index (χ2n) is 3.21. The molecule has 3 heteroatoms. The van der Waals surface area contributed by atoms with E-state index in [1.165, 1.54) is 12.8 Å². The van der Waals surface area contributed by atoms with Crippen LogP contribution in [0.2, 0.25) is 0 Å². The number of imidazole rings is 1. The van der Waals surface area contributed by atoms with E-state index in [-0.39, 0.29) is 0 Å². The van der Waals surface area contributed by atoms with Gasteiger partial charge < -0.3 is 4.57 Å². The Bertz CT molecular complexity index is 196. The fourth-order valence-electron chi connectivity index (χ4n) is 1.15. The van der Waals surface area contributed by atoms with Gasteiger partial charge in [-0.3, -0.25) is 0 Å². The molecule has 1 heterocycles. The lowest BCUT2D eigenvalue weighted by molar-refractivity contribution is 0.471. The fourth-order valence-corrected chi connectivity index (χ4v) is 1.59. The fraction of sp³-hybridized carbons (Fsp3) is 0.667. The molecule has 1 rings (SSSR count). The Hall–Kier alpha value is -0.440. The van der Waals surface area contributed by atoms with Gasteiger partial charge in [0.2, 0.25) is 0 Å². The summed E-state index contributed by atoms with van der Waals surface area (Å²) in [4.78, 5) is 3.99. The van der Waals surface area contributed by atoms with E-state index in [0.29, 0.717) is 0 Å². The normalized spacial score (nSPS) is 13.2. The molecule has 1 unspecified atom stereocenters. The number of aromatic nitrogens is 2. The topological polar surface area (TPSA) is 17.8 Å². The van der Waals surface area contributed by atoms with Crippen LogP contribution < -0.4 is 0 Å². The Balaban J connectivity index is 2.17. The van der Waals surface area contributed by atoms with Crippen molar-refractivity contribution < 1.29 is 0 Å². The van der Waals surface area contributed by atoms with E-state index >= 15 is 0 Å². The number of thiol groups is 1. The van der Waals surface area contributed by atoms with Crippen molar-refractivity contribution in [3.8, 4) is 0 Å². The average molecular weight is 184 g/mol. The molecule has 1 aromatic rings. The van der Waals surface area contributed by atoms with Gasteiger partial charge in [-0.15, -0.1) is 0 Å². The third-order valence-corrected chi connectivity index (χ3v) is 2.32. The average Bonchev–Trinajstić information content (AvgIpc) is 2.53. The largest absolute Gasteiger partial charge is 0.337 e. The zero-order chi connectivity index (χ0) is 8.81. The summed E-state index contributed by atoms with van der Waals surface area (Å²) < 4.78 is 2.12. The molecule has 0 aliphatic rings. The van der Waals surface area contributed by atoms with Crippen molar-refractivity contribution in [1.29, 1.82) is 0 Å². The first-order valence-electron chi connectivity index (χ1n) is 4.39. The quantitative estimate of drug-likeness (QED) is 0.695. The van der Waals surface area contributed by atoms with Gasteiger partial charge in [0.1, 0.15) is 0 Å². The molecule has 0 aliphatic heterocycles. The number of hydrogen-bond donors (Lipinski definition) is 1. The van der Waals surface area contributed by atoms with Crippen molar-refractivity contribution in [3.05, 3.63) is 18.7 Å². The highest BCUT2D eigenvalue weighted by Crippen LogP contribution is 2.09. The standard InChI is InChI=1S/C9H16N2S/c1-9(3-7-12)2-5-11-6-4-10-8-11/h4,6,8-9,12H,2-3,5,7H2,1H3. The molecule has 1 aromatic heterocycles. The zero-order valence-corrected chi connectivity index (χ0v) is 8.37. The summed E-state index contributed by atoms with van der Waals surface area (Å²) in [5, 5.41) is 0. The molecule has 0 amide bonds. The second kappa shape index (κ2) is 5.25. The van der Waals surface area contributed by atoms with Crippen LogP contribution in [0.3, 0.4) is 0 Å². The van der Waals surface area contributed by atoms with E-state index in [2.05, 4.69) is 29.1 Å². The van der Waals surface area contributed by atoms with Gasteiger partial charge in [0, 0.05) is 18.9 Å². The summed E-state index contributed by atoms with van der Waals surface area (Å²) >= 11 is 4.21. The zero-order valence-electron chi connectivity index (χ0n) is 7.48. The van der Waals surface area contributed by atoms with Crippen LogP contribution in [0.1, 0.15) is 19.8 Å². The summed E-state index contributed by atoms with van der Waals surface area (Å²) in [6.07, 6.45) is 8.12. The second-order valence-corrected chi connectivity index (χ2v) is 3.65. The summed E-state index contributed by atoms with van der Waals surface area (Å²) in [7, 11) is 0. The Morgan fingerprint density at radius 1 is 1.50 bits per heavy atom. The first-order chi connectivity index (χ1) is 5.83. The summed E-state index contributed by atoms with van der Waals surface area (Å²) in [5.74, 6) is 1.76. The molecule has 0 radical (unpaired) electrons. The van der Waals surface area contributed by atoms with Crippen LogP contribution in [0.4, 0.5) is 0 Å². The molecule has 0 fully saturated rings. The van der Waals surface area contributed by atoms with Crippen LogP contribution in [0, 0.1) is 5.92 Å². The van der Waals surface area contributed by atoms with Crippen LogP contribution in [0.5, 0.6) is 0 Å². The maximum absolute atomic E-state index is 4.21. The molecule has 0 aliphatic carbocycles. The number of aryl methyl sites for hydroxylation is 1. The Morgan fingerprint density at radius 3 is 2.92 bits per heavy atom. The van der Waals surface area contributed by atoms with Gasteiger partial charge in [0.05, 0.1) is 6.33 Å². The van der Waals surface area contributed by atoms with Crippen molar-refractivity contribution >= 4 is 12.6 Å². The SMILES string of the molecule is CC(CCS)CCn1ccnc1. The van der Waals surface area contributed by atoms with Crippen LogP contribution >= 0.6 is 12.6 Å². The Labute approximate surface area is 79.4 Å². The van der Waals surface area contributed by atoms with Crippen LogP contribution in [0.15, 0.2) is 18.7 Å². The van der Waals surface area contributed by atoms with Crippen molar-refractivity contribution in [2.24, 2.45) is 5.92 Å². The molecule has 1 atom stereocenters. The highest BCUT2D eigenvalue weighted by Gasteiger charge is 2.00. The van der Waals surface area contributed by atoms with Crippen molar-refractivity contribution in [1.82, 2.24) is 9.55 Å². The van der Waals surface area contributed by atoms with Gasteiger partial charge in [0.15, 0.2) is 0 Å². The highest BCUT2D eigenvalue weighted by atomic mass is 32.1. The van der Waals surface area contributed by atoms with E-state index in [1.54, 1.807) is 0 Å². The first-order valence-corrected chi connectivity index (χ1v) is 5.02. The minimum Gasteiger partial charge on any atom is -0.337 e. The number of nitrogens with zero attached hydrogens (tertiary/aromatic N) is 2. The molecule has 0 saturated carbocycles. The van der Waals surface area contributed by atoms with Gasteiger partial charge in [-0.05, 0) is 24.5 Å². The van der Waals surface area contributed by atoms with E-state index < -0.39 is 0 Å². The monoisotopic (exact) mass is 184 g/mol. The molecule has 0 bridgehead atoms. The third kappa shape index (κ3) is 3.30. The molecular weight excluding hydrogens is 168 g/mol. The van der Waals surface area contributed by atoms with Gasteiger partial charge >= 0.3 is 0 Å². The Morgan fingerprint density at radius 2 is 2.33 bits per heavy atom. The summed E-state index contributed by atoms with van der Waals surface area (Å²) in [6, 6.07) is 0. The summed E-state index contributed by atoms with van der Waals surface area (Å²) in [6.45, 7) is 3.35. The molecule has 12 heavy (non-hydrogen) atoms. The highest BCUT2D eigenvalue weighted by molar-refractivity contribution is 7.80. The van der Waals surface area contributed by atoms with E-state index in [0.717, 1.165) is 18.2 Å². The third-order valence-electron chi connectivity index (χ3n) is 2.06. The van der Waals surface area contributed by atoms with Gasteiger partial charge in [-0.2, -0.15) is 12.6 Å². The van der Waals surface area contributed by atoms with Crippen molar-refractivity contribution in [2.75, 3.05) is 5.75 Å². The Kier molecular flexibility index (Phi) is 4.22. The lowest BCUT2D eigenvalue weighted by Gasteiger charge is -2.09. The van der Waals surface area contributed by atoms with E-state index in [9.17, 15) is 0 Å². The number of rotatable bonds is 5. The van der Waals surface area contributed by atoms with Crippen LogP contribution in [-0.2, 0) is 6.54 Å². The predicted molar refractivity (Wildman–Crippen MR) is 54.5 cm³/mol. The predicted octanol–water partition coefficient (Wildman–Crippen LogP) is 2.23. The van der Waals surface area contributed by atoms with Crippen LogP contribution in [-0.4, -0.2) is 15.3 Å². The molecule has 2 nitrogen and oxygen atoms in total. The maximum Gasteiger partial charge on any atom is 0.0945 e. The lowest BCUT2D eigenvalue weighted by Crippen LogP contribution is -2.02. The lowest BCUT2D eigenvalue weighted by atomic mass is 10.1. The molecular formula is C9H16N2S. The van der Waals surface area contributed by atoms with E-state index in [4.69, 9.17) is 0 Å². The van der Waals surface area contributed by atoms with E-state index in [1.807, 2.05) is 18.7 Å². The first kappa shape index (κ1) is 9.65. The molecule has 0 spiro atoms. The van der Waals surface area contributed by atoms with Crippen LogP contribution in [0.25, 0.3) is 0 Å². The van der Waals surface area contributed by atoms with Gasteiger partial charge in [-0.25, -0.2) is 4.98 Å².